The first-order valence-electron chi connectivity index (χ1n) is 9.65. The van der Waals surface area contributed by atoms with Gasteiger partial charge in [0.1, 0.15) is 11.3 Å². The minimum atomic E-state index is -0.795. The van der Waals surface area contributed by atoms with Crippen molar-refractivity contribution in [2.75, 3.05) is 6.54 Å². The van der Waals surface area contributed by atoms with E-state index in [2.05, 4.69) is 5.32 Å². The van der Waals surface area contributed by atoms with E-state index in [0.717, 1.165) is 18.4 Å². The van der Waals surface area contributed by atoms with Crippen molar-refractivity contribution in [3.63, 3.8) is 0 Å². The first kappa shape index (κ1) is 21.2. The van der Waals surface area contributed by atoms with Gasteiger partial charge < -0.3 is 19.6 Å². The maximum absolute atomic E-state index is 12.4. The molecule has 7 nitrogen and oxygen atoms in total. The van der Waals surface area contributed by atoms with Gasteiger partial charge in [-0.25, -0.2) is 4.79 Å². The molecule has 1 heterocycles. The van der Waals surface area contributed by atoms with E-state index in [1.807, 2.05) is 0 Å². The van der Waals surface area contributed by atoms with Gasteiger partial charge in [0.15, 0.2) is 6.10 Å². The van der Waals surface area contributed by atoms with Crippen LogP contribution in [0.3, 0.4) is 0 Å². The molecule has 1 aliphatic rings. The number of aliphatic carboxylic acids is 1. The lowest BCUT2D eigenvalue weighted by Gasteiger charge is -2.26. The van der Waals surface area contributed by atoms with E-state index in [-0.39, 0.29) is 23.5 Å². The van der Waals surface area contributed by atoms with Crippen molar-refractivity contribution >= 4 is 34.4 Å². The molecule has 2 aromatic rings. The highest BCUT2D eigenvalue weighted by molar-refractivity contribution is 6.32. The third-order valence-electron chi connectivity index (χ3n) is 5.44. The molecule has 0 spiro atoms. The highest BCUT2D eigenvalue weighted by Gasteiger charge is 2.26. The first-order chi connectivity index (χ1) is 13.7. The fourth-order valence-corrected chi connectivity index (χ4v) is 3.86. The number of benzene rings is 1. The van der Waals surface area contributed by atoms with Gasteiger partial charge in [0.05, 0.1) is 10.9 Å². The zero-order valence-electron chi connectivity index (χ0n) is 16.4. The highest BCUT2D eigenvalue weighted by atomic mass is 35.5. The normalized spacial score (nSPS) is 20.2. The summed E-state index contributed by atoms with van der Waals surface area (Å²) in [7, 11) is 0. The van der Waals surface area contributed by atoms with Crippen LogP contribution in [0, 0.1) is 18.8 Å². The number of hydrogen-bond donors (Lipinski definition) is 2. The number of hydrogen-bond acceptors (Lipinski definition) is 5. The van der Waals surface area contributed by atoms with Crippen LogP contribution in [0.25, 0.3) is 11.0 Å². The Labute approximate surface area is 173 Å². The van der Waals surface area contributed by atoms with Crippen molar-refractivity contribution in [1.29, 1.82) is 0 Å². The second-order valence-corrected chi connectivity index (χ2v) is 8.00. The molecular weight excluding hydrogens is 398 g/mol. The summed E-state index contributed by atoms with van der Waals surface area (Å²) in [5.41, 5.74) is 0.622. The maximum atomic E-state index is 12.4. The van der Waals surface area contributed by atoms with Gasteiger partial charge in [-0.2, -0.15) is 0 Å². The van der Waals surface area contributed by atoms with Gasteiger partial charge in [-0.15, -0.1) is 0 Å². The lowest BCUT2D eigenvalue weighted by molar-refractivity contribution is -0.143. The van der Waals surface area contributed by atoms with Gasteiger partial charge in [0.2, 0.25) is 0 Å². The lowest BCUT2D eigenvalue weighted by atomic mass is 9.82. The summed E-state index contributed by atoms with van der Waals surface area (Å²) < 4.78 is 10.9. The Balaban J connectivity index is 1.59. The topological polar surface area (TPSA) is 106 Å². The van der Waals surface area contributed by atoms with Crippen LogP contribution in [-0.2, 0) is 9.59 Å². The third-order valence-corrected chi connectivity index (χ3v) is 5.73. The largest absolute Gasteiger partial charge is 0.481 e. The molecule has 1 fully saturated rings. The Bertz CT molecular complexity index is 977. The van der Waals surface area contributed by atoms with E-state index in [1.165, 1.54) is 12.1 Å². The fourth-order valence-electron chi connectivity index (χ4n) is 3.66. The Morgan fingerprint density at radius 3 is 2.62 bits per heavy atom. The minimum Gasteiger partial charge on any atom is -0.481 e. The summed E-state index contributed by atoms with van der Waals surface area (Å²) >= 11 is 6.28. The molecule has 1 amide bonds. The zero-order chi connectivity index (χ0) is 21.1. The maximum Gasteiger partial charge on any atom is 0.336 e. The number of carboxylic acids is 1. The summed E-state index contributed by atoms with van der Waals surface area (Å²) in [5, 5.41) is 12.9. The Morgan fingerprint density at radius 2 is 1.97 bits per heavy atom. The van der Waals surface area contributed by atoms with E-state index in [0.29, 0.717) is 35.4 Å². The van der Waals surface area contributed by atoms with E-state index in [1.54, 1.807) is 19.9 Å². The predicted octanol–water partition coefficient (Wildman–Crippen LogP) is 3.53. The molecule has 0 bridgehead atoms. The molecule has 1 aromatic heterocycles. The van der Waals surface area contributed by atoms with E-state index < -0.39 is 17.7 Å². The molecule has 0 unspecified atom stereocenters. The summed E-state index contributed by atoms with van der Waals surface area (Å²) in [6.07, 6.45) is 2.04. The van der Waals surface area contributed by atoms with Crippen LogP contribution in [-0.4, -0.2) is 29.6 Å². The number of amides is 1. The van der Waals surface area contributed by atoms with Crippen LogP contribution in [0.15, 0.2) is 27.4 Å². The molecule has 1 saturated carbocycles. The summed E-state index contributed by atoms with van der Waals surface area (Å²) in [4.78, 5) is 35.0. The number of carbonyl (C=O) groups excluding carboxylic acids is 1. The second kappa shape index (κ2) is 8.86. The molecular formula is C21H24ClNO6. The number of halogens is 1. The van der Waals surface area contributed by atoms with Crippen LogP contribution < -0.4 is 15.7 Å². The number of carboxylic acid groups (broad SMARTS) is 1. The monoisotopic (exact) mass is 421 g/mol. The summed E-state index contributed by atoms with van der Waals surface area (Å²) in [5.74, 6) is -0.774. The SMILES string of the molecule is Cc1cc(=O)oc2cc(O[C@@H](C)C(=O)NCC3CCC(C(=O)O)CC3)c(Cl)cc12. The van der Waals surface area contributed by atoms with Crippen LogP contribution in [0.2, 0.25) is 5.02 Å². The van der Waals surface area contributed by atoms with Crippen LogP contribution in [0.1, 0.15) is 38.2 Å². The number of ether oxygens (including phenoxy) is 1. The lowest BCUT2D eigenvalue weighted by Crippen LogP contribution is -2.39. The van der Waals surface area contributed by atoms with Crippen molar-refractivity contribution in [2.45, 2.75) is 45.6 Å². The van der Waals surface area contributed by atoms with Crippen molar-refractivity contribution in [3.05, 3.63) is 39.2 Å². The van der Waals surface area contributed by atoms with Gasteiger partial charge in [-0.3, -0.25) is 9.59 Å². The molecule has 156 valence electrons. The standard InChI is InChI=1S/C21H24ClNO6/c1-11-7-19(24)29-17-9-18(16(22)8-15(11)17)28-12(2)20(25)23-10-13-3-5-14(6-4-13)21(26)27/h7-9,12-14H,3-6,10H2,1-2H3,(H,23,25)(H,26,27)/t12-,13?,14?/m0/s1. The number of nitrogens with one attached hydrogen (secondary N) is 1. The van der Waals surface area contributed by atoms with Gasteiger partial charge in [-0.1, -0.05) is 11.6 Å². The quantitative estimate of drug-likeness (QED) is 0.691. The molecule has 0 saturated heterocycles. The molecule has 29 heavy (non-hydrogen) atoms. The molecule has 2 N–H and O–H groups in total. The van der Waals surface area contributed by atoms with E-state index >= 15 is 0 Å². The molecule has 3 rings (SSSR count). The fraction of sp³-hybridized carbons (Fsp3) is 0.476. The van der Waals surface area contributed by atoms with Crippen molar-refractivity contribution in [1.82, 2.24) is 5.32 Å². The molecule has 1 atom stereocenters. The number of carbonyl (C=O) groups is 2. The van der Waals surface area contributed by atoms with Crippen LogP contribution in [0.5, 0.6) is 5.75 Å². The number of rotatable bonds is 6. The predicted molar refractivity (Wildman–Crippen MR) is 108 cm³/mol. The van der Waals surface area contributed by atoms with Crippen LogP contribution >= 0.6 is 11.6 Å². The summed E-state index contributed by atoms with van der Waals surface area (Å²) in [6, 6.07) is 4.55. The zero-order valence-corrected chi connectivity index (χ0v) is 17.1. The molecule has 1 aliphatic carbocycles. The Kier molecular flexibility index (Phi) is 6.47. The average Bonchev–Trinajstić information content (AvgIpc) is 2.67. The molecule has 8 heteroatoms. The average molecular weight is 422 g/mol. The molecule has 0 aliphatic heterocycles. The smallest absolute Gasteiger partial charge is 0.336 e. The number of fused-ring (bicyclic) bond motifs is 1. The third kappa shape index (κ3) is 5.09. The van der Waals surface area contributed by atoms with Crippen molar-refractivity contribution in [2.24, 2.45) is 11.8 Å². The highest BCUT2D eigenvalue weighted by Crippen LogP contribution is 2.32. The Morgan fingerprint density at radius 1 is 1.28 bits per heavy atom. The van der Waals surface area contributed by atoms with Gasteiger partial charge in [0.25, 0.3) is 5.91 Å². The van der Waals surface area contributed by atoms with Gasteiger partial charge in [-0.05, 0) is 57.1 Å². The summed E-state index contributed by atoms with van der Waals surface area (Å²) in [6.45, 7) is 3.89. The van der Waals surface area contributed by atoms with E-state index in [4.69, 9.17) is 25.9 Å². The Hall–Kier alpha value is -2.54. The van der Waals surface area contributed by atoms with Gasteiger partial charge >= 0.3 is 11.6 Å². The van der Waals surface area contributed by atoms with Crippen molar-refractivity contribution in [3.8, 4) is 5.75 Å². The first-order valence-corrected chi connectivity index (χ1v) is 10.0. The molecule has 1 aromatic carbocycles. The molecule has 0 radical (unpaired) electrons. The van der Waals surface area contributed by atoms with E-state index in [9.17, 15) is 14.4 Å². The van der Waals surface area contributed by atoms with Crippen LogP contribution in [0.4, 0.5) is 0 Å². The van der Waals surface area contributed by atoms with Gasteiger partial charge in [0, 0.05) is 24.1 Å². The second-order valence-electron chi connectivity index (χ2n) is 7.59. The van der Waals surface area contributed by atoms with Crippen molar-refractivity contribution < 1.29 is 23.8 Å². The number of aryl methyl sites for hydroxylation is 1. The minimum absolute atomic E-state index is 0.262.